The summed E-state index contributed by atoms with van der Waals surface area (Å²) in [5.74, 6) is 1.23. The van der Waals surface area contributed by atoms with Crippen molar-refractivity contribution >= 4 is 39.0 Å². The molecule has 0 saturated carbocycles. The number of fused-ring (bicyclic) bond motifs is 1. The first-order chi connectivity index (χ1) is 10.3. The van der Waals surface area contributed by atoms with Gasteiger partial charge >= 0.3 is 0 Å². The number of hydrogen-bond donors (Lipinski definition) is 1. The molecule has 108 valence electrons. The summed E-state index contributed by atoms with van der Waals surface area (Å²) in [5, 5.41) is 3.10. The highest BCUT2D eigenvalue weighted by atomic mass is 32.1. The van der Waals surface area contributed by atoms with Gasteiger partial charge in [-0.2, -0.15) is 4.98 Å². The maximum Gasteiger partial charge on any atom is 0.223 e. The second kappa shape index (κ2) is 6.10. The van der Waals surface area contributed by atoms with Crippen molar-refractivity contribution in [1.82, 2.24) is 9.97 Å². The zero-order chi connectivity index (χ0) is 14.7. The van der Waals surface area contributed by atoms with Crippen LogP contribution in [0.15, 0.2) is 41.8 Å². The molecule has 0 spiro atoms. The minimum Gasteiger partial charge on any atom is -0.368 e. The van der Waals surface area contributed by atoms with Gasteiger partial charge in [0.2, 0.25) is 5.95 Å². The van der Waals surface area contributed by atoms with Gasteiger partial charge in [0.1, 0.15) is 10.6 Å². The zero-order valence-electron chi connectivity index (χ0n) is 12.0. The lowest BCUT2D eigenvalue weighted by Gasteiger charge is -2.24. The Labute approximate surface area is 128 Å². The van der Waals surface area contributed by atoms with Crippen LogP contribution < -0.4 is 10.6 Å². The molecule has 2 N–H and O–H groups in total. The van der Waals surface area contributed by atoms with E-state index >= 15 is 0 Å². The van der Waals surface area contributed by atoms with Gasteiger partial charge in [0.25, 0.3) is 0 Å². The highest BCUT2D eigenvalue weighted by Gasteiger charge is 2.16. The average Bonchev–Trinajstić information content (AvgIpc) is 2.96. The minimum absolute atomic E-state index is 0.331. The maximum atomic E-state index is 5.89. The molecule has 0 unspecified atom stereocenters. The molecule has 0 fully saturated rings. The van der Waals surface area contributed by atoms with Crippen molar-refractivity contribution in [2.24, 2.45) is 0 Å². The van der Waals surface area contributed by atoms with Gasteiger partial charge in [0.15, 0.2) is 0 Å². The predicted octanol–water partition coefficient (Wildman–Crippen LogP) is 4.21. The van der Waals surface area contributed by atoms with Crippen molar-refractivity contribution in [2.45, 2.75) is 19.8 Å². The van der Waals surface area contributed by atoms with E-state index in [2.05, 4.69) is 40.0 Å². The molecule has 2 aromatic heterocycles. The van der Waals surface area contributed by atoms with Crippen LogP contribution in [0.2, 0.25) is 0 Å². The van der Waals surface area contributed by atoms with E-state index in [0.29, 0.717) is 5.95 Å². The molecular weight excluding hydrogens is 280 g/mol. The van der Waals surface area contributed by atoms with Crippen LogP contribution in [-0.2, 0) is 0 Å². The van der Waals surface area contributed by atoms with Gasteiger partial charge in [-0.3, -0.25) is 0 Å². The Morgan fingerprint density at radius 3 is 2.71 bits per heavy atom. The predicted molar refractivity (Wildman–Crippen MR) is 90.2 cm³/mol. The van der Waals surface area contributed by atoms with Crippen LogP contribution in [-0.4, -0.2) is 16.5 Å². The molecule has 0 aliphatic rings. The minimum atomic E-state index is 0.331. The average molecular weight is 298 g/mol. The van der Waals surface area contributed by atoms with E-state index in [0.717, 1.165) is 41.1 Å². The zero-order valence-corrected chi connectivity index (χ0v) is 12.8. The number of unbranched alkanes of at least 4 members (excludes halogenated alkanes) is 1. The fourth-order valence-electron chi connectivity index (χ4n) is 2.34. The number of anilines is 3. The van der Waals surface area contributed by atoms with Crippen LogP contribution in [0.4, 0.5) is 17.5 Å². The van der Waals surface area contributed by atoms with Crippen LogP contribution >= 0.6 is 11.3 Å². The quantitative estimate of drug-likeness (QED) is 0.766. The molecule has 0 atom stereocenters. The van der Waals surface area contributed by atoms with Crippen molar-refractivity contribution in [1.29, 1.82) is 0 Å². The Kier molecular flexibility index (Phi) is 4.01. The number of nitrogens with two attached hydrogens (primary N) is 1. The summed E-state index contributed by atoms with van der Waals surface area (Å²) in [7, 11) is 0. The molecule has 0 radical (unpaired) electrons. The molecule has 4 nitrogen and oxygen atoms in total. The first-order valence-corrected chi connectivity index (χ1v) is 8.01. The number of rotatable bonds is 5. The van der Waals surface area contributed by atoms with E-state index in [1.165, 1.54) is 0 Å². The number of benzene rings is 1. The van der Waals surface area contributed by atoms with Crippen molar-refractivity contribution < 1.29 is 0 Å². The van der Waals surface area contributed by atoms with Crippen LogP contribution in [0, 0.1) is 0 Å². The first kappa shape index (κ1) is 13.8. The highest BCUT2D eigenvalue weighted by molar-refractivity contribution is 7.16. The molecule has 2 heterocycles. The molecule has 0 aliphatic carbocycles. The maximum absolute atomic E-state index is 5.89. The largest absolute Gasteiger partial charge is 0.368 e. The van der Waals surface area contributed by atoms with Gasteiger partial charge in [0, 0.05) is 12.2 Å². The summed E-state index contributed by atoms with van der Waals surface area (Å²) in [5.41, 5.74) is 7.02. The summed E-state index contributed by atoms with van der Waals surface area (Å²) in [4.78, 5) is 12.0. The molecule has 1 aromatic carbocycles. The molecule has 3 rings (SSSR count). The molecule has 0 amide bonds. The fraction of sp³-hybridized carbons (Fsp3) is 0.250. The number of aromatic nitrogens is 2. The third-order valence-corrected chi connectivity index (χ3v) is 4.19. The number of nitrogens with zero attached hydrogens (tertiary/aromatic N) is 3. The van der Waals surface area contributed by atoms with Crippen LogP contribution in [0.3, 0.4) is 0 Å². The lowest BCUT2D eigenvalue weighted by atomic mass is 10.2. The van der Waals surface area contributed by atoms with Crippen molar-refractivity contribution in [3.8, 4) is 0 Å². The Morgan fingerprint density at radius 1 is 1.14 bits per heavy atom. The molecule has 0 bridgehead atoms. The number of para-hydroxylation sites is 1. The second-order valence-electron chi connectivity index (χ2n) is 4.89. The Morgan fingerprint density at radius 2 is 1.95 bits per heavy atom. The summed E-state index contributed by atoms with van der Waals surface area (Å²) >= 11 is 1.59. The van der Waals surface area contributed by atoms with Gasteiger partial charge in [-0.05, 0) is 30.0 Å². The Hall–Kier alpha value is -2.14. The SMILES string of the molecule is CCCCN(c1ccccc1)c1nc(N)nc2sccc12. The summed E-state index contributed by atoms with van der Waals surface area (Å²) in [6.07, 6.45) is 2.24. The summed E-state index contributed by atoms with van der Waals surface area (Å²) < 4.78 is 0. The smallest absolute Gasteiger partial charge is 0.223 e. The van der Waals surface area contributed by atoms with Gasteiger partial charge < -0.3 is 10.6 Å². The third kappa shape index (κ3) is 2.83. The standard InChI is InChI=1S/C16H18N4S/c1-2-3-10-20(12-7-5-4-6-8-12)14-13-9-11-21-15(13)19-16(17)18-14/h4-9,11H,2-3,10H2,1H3,(H2,17,18,19). The molecule has 3 aromatic rings. The third-order valence-electron chi connectivity index (χ3n) is 3.38. The van der Waals surface area contributed by atoms with Crippen LogP contribution in [0.5, 0.6) is 0 Å². The van der Waals surface area contributed by atoms with Gasteiger partial charge in [-0.15, -0.1) is 11.3 Å². The van der Waals surface area contributed by atoms with E-state index in [9.17, 15) is 0 Å². The van der Waals surface area contributed by atoms with Crippen molar-refractivity contribution in [2.75, 3.05) is 17.2 Å². The van der Waals surface area contributed by atoms with Crippen LogP contribution in [0.1, 0.15) is 19.8 Å². The van der Waals surface area contributed by atoms with Crippen LogP contribution in [0.25, 0.3) is 10.2 Å². The van der Waals surface area contributed by atoms with Crippen molar-refractivity contribution in [3.05, 3.63) is 41.8 Å². The number of thiophene rings is 1. The van der Waals surface area contributed by atoms with E-state index in [1.807, 2.05) is 23.6 Å². The second-order valence-corrected chi connectivity index (χ2v) is 5.78. The van der Waals surface area contributed by atoms with Gasteiger partial charge in [-0.1, -0.05) is 31.5 Å². The molecule has 5 heteroatoms. The lowest BCUT2D eigenvalue weighted by Crippen LogP contribution is -2.20. The highest BCUT2D eigenvalue weighted by Crippen LogP contribution is 2.33. The van der Waals surface area contributed by atoms with Gasteiger partial charge in [-0.25, -0.2) is 4.98 Å². The monoisotopic (exact) mass is 298 g/mol. The van der Waals surface area contributed by atoms with E-state index in [4.69, 9.17) is 5.73 Å². The van der Waals surface area contributed by atoms with E-state index in [1.54, 1.807) is 11.3 Å². The molecule has 0 saturated heterocycles. The molecular formula is C16H18N4S. The summed E-state index contributed by atoms with van der Waals surface area (Å²) in [6.45, 7) is 3.11. The molecule has 0 aliphatic heterocycles. The Balaban J connectivity index is 2.12. The number of hydrogen-bond acceptors (Lipinski definition) is 5. The normalized spacial score (nSPS) is 10.9. The van der Waals surface area contributed by atoms with Crippen molar-refractivity contribution in [3.63, 3.8) is 0 Å². The fourth-order valence-corrected chi connectivity index (χ4v) is 3.11. The van der Waals surface area contributed by atoms with E-state index < -0.39 is 0 Å². The van der Waals surface area contributed by atoms with Gasteiger partial charge in [0.05, 0.1) is 5.39 Å². The first-order valence-electron chi connectivity index (χ1n) is 7.13. The summed E-state index contributed by atoms with van der Waals surface area (Å²) in [6, 6.07) is 12.4. The lowest BCUT2D eigenvalue weighted by molar-refractivity contribution is 0.781. The molecule has 21 heavy (non-hydrogen) atoms. The topological polar surface area (TPSA) is 55.0 Å². The Bertz CT molecular complexity index is 723. The number of nitrogen functional groups attached to an aromatic ring is 1. The van der Waals surface area contributed by atoms with E-state index in [-0.39, 0.29) is 0 Å².